The summed E-state index contributed by atoms with van der Waals surface area (Å²) in [4.78, 5) is 11.3. The number of carbonyl (C=O) groups is 1. The van der Waals surface area contributed by atoms with Crippen LogP contribution in [0.25, 0.3) is 0 Å². The van der Waals surface area contributed by atoms with Crippen LogP contribution in [-0.2, 0) is 4.79 Å². The lowest BCUT2D eigenvalue weighted by Crippen LogP contribution is -2.42. The molecule has 0 aromatic carbocycles. The first kappa shape index (κ1) is 4.56. The number of nitrogens with zero attached hydrogens (tertiary/aromatic N) is 1. The molecule has 1 rings (SSSR count). The van der Waals surface area contributed by atoms with Crippen molar-refractivity contribution in [1.82, 2.24) is 4.90 Å². The summed E-state index contributed by atoms with van der Waals surface area (Å²) in [6, 6.07) is 0. The van der Waals surface area contributed by atoms with Crippen LogP contribution in [0.2, 0.25) is 0 Å². The SMILES string of the molecule is O=C1CCN1CF. The van der Waals surface area contributed by atoms with Crippen molar-refractivity contribution in [2.45, 2.75) is 6.42 Å². The predicted octanol–water partition coefficient (Wildman–Crippen LogP) is 0.146. The Labute approximate surface area is 40.9 Å². The van der Waals surface area contributed by atoms with E-state index in [0.717, 1.165) is 0 Å². The summed E-state index contributed by atoms with van der Waals surface area (Å²) in [5.41, 5.74) is 0. The Morgan fingerprint density at radius 2 is 2.57 bits per heavy atom. The van der Waals surface area contributed by atoms with Gasteiger partial charge in [-0.1, -0.05) is 0 Å². The second-order valence-corrected chi connectivity index (χ2v) is 1.53. The third-order valence-corrected chi connectivity index (χ3v) is 1.09. The summed E-state index contributed by atoms with van der Waals surface area (Å²) in [5, 5.41) is 0. The Balaban J connectivity index is 2.29. The molecular formula is C4H6FNO. The molecule has 0 spiro atoms. The van der Waals surface area contributed by atoms with Crippen molar-refractivity contribution in [3.05, 3.63) is 0 Å². The standard InChI is InChI=1S/C4H6FNO/c5-3-6-2-1-4(6)7/h1-3H2. The number of hydrogen-bond donors (Lipinski definition) is 0. The molecule has 40 valence electrons. The molecule has 0 aromatic heterocycles. The van der Waals surface area contributed by atoms with E-state index >= 15 is 0 Å². The summed E-state index contributed by atoms with van der Waals surface area (Å²) in [6.07, 6.45) is 0.532. The van der Waals surface area contributed by atoms with E-state index in [4.69, 9.17) is 0 Å². The van der Waals surface area contributed by atoms with E-state index in [9.17, 15) is 9.18 Å². The summed E-state index contributed by atoms with van der Waals surface area (Å²) in [6.45, 7) is -0.00579. The number of alkyl halides is 1. The van der Waals surface area contributed by atoms with Gasteiger partial charge in [0, 0.05) is 13.0 Å². The molecule has 0 aliphatic carbocycles. The lowest BCUT2D eigenvalue weighted by molar-refractivity contribution is -0.142. The summed E-state index contributed by atoms with van der Waals surface area (Å²) in [5.74, 6) is -0.0671. The Bertz CT molecular complexity index is 91.7. The quantitative estimate of drug-likeness (QED) is 0.341. The molecule has 2 nitrogen and oxygen atoms in total. The van der Waals surface area contributed by atoms with Gasteiger partial charge in [0.05, 0.1) is 0 Å². The second-order valence-electron chi connectivity index (χ2n) is 1.53. The van der Waals surface area contributed by atoms with Gasteiger partial charge in [0.1, 0.15) is 0 Å². The van der Waals surface area contributed by atoms with Crippen LogP contribution < -0.4 is 0 Å². The largest absolute Gasteiger partial charge is 0.314 e. The van der Waals surface area contributed by atoms with E-state index in [1.165, 1.54) is 4.90 Å². The first-order valence-electron chi connectivity index (χ1n) is 2.18. The first-order valence-corrected chi connectivity index (χ1v) is 2.18. The zero-order chi connectivity index (χ0) is 5.28. The van der Waals surface area contributed by atoms with Crippen molar-refractivity contribution < 1.29 is 9.18 Å². The zero-order valence-corrected chi connectivity index (χ0v) is 3.85. The predicted molar refractivity (Wildman–Crippen MR) is 22.3 cm³/mol. The van der Waals surface area contributed by atoms with Crippen LogP contribution in [-0.4, -0.2) is 24.2 Å². The van der Waals surface area contributed by atoms with Gasteiger partial charge in [-0.3, -0.25) is 4.79 Å². The first-order chi connectivity index (χ1) is 3.34. The normalized spacial score (nSPS) is 19.6. The Morgan fingerprint density at radius 1 is 1.86 bits per heavy atom. The van der Waals surface area contributed by atoms with Gasteiger partial charge in [0.25, 0.3) is 0 Å². The van der Waals surface area contributed by atoms with Crippen molar-refractivity contribution >= 4 is 5.91 Å². The van der Waals surface area contributed by atoms with Gasteiger partial charge >= 0.3 is 0 Å². The Morgan fingerprint density at radius 3 is 2.57 bits per heavy atom. The summed E-state index contributed by atoms with van der Waals surface area (Å²) >= 11 is 0. The molecule has 0 atom stereocenters. The molecule has 0 bridgehead atoms. The van der Waals surface area contributed by atoms with Crippen molar-refractivity contribution in [2.75, 3.05) is 13.3 Å². The number of likely N-dealkylation sites (tertiary alicyclic amines) is 1. The third-order valence-electron chi connectivity index (χ3n) is 1.09. The molecule has 0 unspecified atom stereocenters. The average Bonchev–Trinajstić information content (AvgIpc) is 1.65. The minimum atomic E-state index is -0.612. The van der Waals surface area contributed by atoms with E-state index < -0.39 is 6.80 Å². The second kappa shape index (κ2) is 1.48. The monoisotopic (exact) mass is 103 g/mol. The molecule has 1 heterocycles. The molecule has 0 aromatic rings. The number of hydrogen-bond acceptors (Lipinski definition) is 1. The molecular weight excluding hydrogens is 97.0 g/mol. The highest BCUT2D eigenvalue weighted by atomic mass is 19.1. The van der Waals surface area contributed by atoms with Crippen LogP contribution in [0.5, 0.6) is 0 Å². The highest BCUT2D eigenvalue weighted by molar-refractivity contribution is 5.81. The minimum absolute atomic E-state index is 0.0671. The van der Waals surface area contributed by atoms with Gasteiger partial charge in [-0.2, -0.15) is 0 Å². The van der Waals surface area contributed by atoms with Gasteiger partial charge in [-0.25, -0.2) is 4.39 Å². The van der Waals surface area contributed by atoms with Gasteiger partial charge < -0.3 is 4.90 Å². The molecule has 0 radical (unpaired) electrons. The fourth-order valence-electron chi connectivity index (χ4n) is 0.488. The summed E-state index contributed by atoms with van der Waals surface area (Å²) < 4.78 is 11.4. The lowest BCUT2D eigenvalue weighted by Gasteiger charge is -2.26. The molecule has 1 fully saturated rings. The van der Waals surface area contributed by atoms with Crippen LogP contribution in [0, 0.1) is 0 Å². The third kappa shape index (κ3) is 0.577. The maximum Gasteiger partial charge on any atom is 0.226 e. The number of amides is 1. The van der Waals surface area contributed by atoms with Crippen molar-refractivity contribution in [1.29, 1.82) is 0 Å². The number of β-lactam (4-membered cyclic amide) rings is 1. The van der Waals surface area contributed by atoms with E-state index in [1.54, 1.807) is 0 Å². The molecule has 0 N–H and O–H groups in total. The van der Waals surface area contributed by atoms with Gasteiger partial charge in [-0.15, -0.1) is 0 Å². The van der Waals surface area contributed by atoms with E-state index in [-0.39, 0.29) is 5.91 Å². The fourth-order valence-corrected chi connectivity index (χ4v) is 0.488. The summed E-state index contributed by atoms with van der Waals surface area (Å²) in [7, 11) is 0. The molecule has 1 aliphatic heterocycles. The molecule has 3 heteroatoms. The van der Waals surface area contributed by atoms with Crippen molar-refractivity contribution in [3.63, 3.8) is 0 Å². The fraction of sp³-hybridized carbons (Fsp3) is 0.750. The van der Waals surface area contributed by atoms with E-state index in [0.29, 0.717) is 13.0 Å². The van der Waals surface area contributed by atoms with Crippen LogP contribution in [0.15, 0.2) is 0 Å². The van der Waals surface area contributed by atoms with Crippen LogP contribution in [0.3, 0.4) is 0 Å². The van der Waals surface area contributed by atoms with E-state index in [1.807, 2.05) is 0 Å². The number of halogens is 1. The van der Waals surface area contributed by atoms with E-state index in [2.05, 4.69) is 0 Å². The topological polar surface area (TPSA) is 20.3 Å². The molecule has 7 heavy (non-hydrogen) atoms. The van der Waals surface area contributed by atoms with Gasteiger partial charge in [0.2, 0.25) is 5.91 Å². The average molecular weight is 103 g/mol. The zero-order valence-electron chi connectivity index (χ0n) is 3.85. The molecule has 1 amide bonds. The molecule has 0 saturated carbocycles. The van der Waals surface area contributed by atoms with Gasteiger partial charge in [0.15, 0.2) is 6.80 Å². The van der Waals surface area contributed by atoms with Gasteiger partial charge in [-0.05, 0) is 0 Å². The van der Waals surface area contributed by atoms with Crippen LogP contribution in [0.4, 0.5) is 4.39 Å². The van der Waals surface area contributed by atoms with Crippen LogP contribution in [0.1, 0.15) is 6.42 Å². The smallest absolute Gasteiger partial charge is 0.226 e. The maximum absolute atomic E-state index is 11.4. The highest BCUT2D eigenvalue weighted by Crippen LogP contribution is 2.06. The lowest BCUT2D eigenvalue weighted by atomic mass is 10.2. The Kier molecular flexibility index (Phi) is 0.964. The number of rotatable bonds is 1. The highest BCUT2D eigenvalue weighted by Gasteiger charge is 2.22. The molecule has 1 aliphatic rings. The Hall–Kier alpha value is -0.600. The van der Waals surface area contributed by atoms with Crippen molar-refractivity contribution in [2.24, 2.45) is 0 Å². The van der Waals surface area contributed by atoms with Crippen LogP contribution >= 0.6 is 0 Å². The maximum atomic E-state index is 11.4. The minimum Gasteiger partial charge on any atom is -0.314 e. The molecule has 1 saturated heterocycles. The number of carbonyl (C=O) groups excluding carboxylic acids is 1. The van der Waals surface area contributed by atoms with Crippen molar-refractivity contribution in [3.8, 4) is 0 Å².